The van der Waals surface area contributed by atoms with Crippen LogP contribution in [0.5, 0.6) is 0 Å². The summed E-state index contributed by atoms with van der Waals surface area (Å²) in [6.45, 7) is 3.67. The number of rotatable bonds is 6. The van der Waals surface area contributed by atoms with Crippen molar-refractivity contribution in [2.45, 2.75) is 18.7 Å². The molecular formula is C17H14Cl2N4O4S. The number of nitrogens with zero attached hydrogens (tertiary/aromatic N) is 3. The fourth-order valence-corrected chi connectivity index (χ4v) is 3.32. The van der Waals surface area contributed by atoms with Crippen molar-refractivity contribution in [1.82, 2.24) is 9.78 Å². The molecule has 2 N–H and O–H groups in total. The number of azo groups is 1. The number of H-pyrrole nitrogens is 1. The number of benzene rings is 2. The summed E-state index contributed by atoms with van der Waals surface area (Å²) in [5.74, 6) is 0. The molecule has 1 heterocycles. The zero-order valence-electron chi connectivity index (χ0n) is 14.6. The predicted molar refractivity (Wildman–Crippen MR) is 107 cm³/mol. The highest BCUT2D eigenvalue weighted by atomic mass is 35.5. The Balaban J connectivity index is 1.96. The lowest BCUT2D eigenvalue weighted by molar-refractivity contribution is -0.432. The number of halogens is 2. The number of aromatic amines is 1. The maximum atomic E-state index is 12.8. The van der Waals surface area contributed by atoms with Crippen molar-refractivity contribution >= 4 is 46.6 Å². The van der Waals surface area contributed by atoms with Crippen LogP contribution in [0.15, 0.2) is 56.3 Å². The quantitative estimate of drug-likeness (QED) is 0.214. The molecule has 0 aliphatic rings. The summed E-state index contributed by atoms with van der Waals surface area (Å²) in [5, 5.41) is 23.3. The van der Waals surface area contributed by atoms with Gasteiger partial charge in [0.25, 0.3) is 5.56 Å². The molecule has 11 heteroatoms. The topological polar surface area (TPSA) is 101 Å². The van der Waals surface area contributed by atoms with E-state index in [0.717, 1.165) is 5.56 Å². The van der Waals surface area contributed by atoms with Crippen LogP contribution in [0.2, 0.25) is 10.0 Å². The Morgan fingerprint density at radius 1 is 1.11 bits per heavy atom. The van der Waals surface area contributed by atoms with E-state index in [-0.39, 0.29) is 15.7 Å². The third-order valence-corrected chi connectivity index (χ3v) is 5.11. The zero-order chi connectivity index (χ0) is 20.3. The van der Waals surface area contributed by atoms with Gasteiger partial charge in [-0.1, -0.05) is 45.9 Å². The van der Waals surface area contributed by atoms with E-state index in [4.69, 9.17) is 28.5 Å². The van der Waals surface area contributed by atoms with E-state index in [1.807, 2.05) is 31.2 Å². The maximum Gasteiger partial charge on any atom is 0.299 e. The third kappa shape index (κ3) is 4.46. The van der Waals surface area contributed by atoms with E-state index in [2.05, 4.69) is 24.7 Å². The molecule has 0 aliphatic heterocycles. The second-order valence-electron chi connectivity index (χ2n) is 5.72. The van der Waals surface area contributed by atoms with Crippen LogP contribution in [0.1, 0.15) is 11.3 Å². The van der Waals surface area contributed by atoms with Gasteiger partial charge in [0, 0.05) is 0 Å². The second-order valence-corrected chi connectivity index (χ2v) is 7.28. The number of hydrogen-bond acceptors (Lipinski definition) is 7. The molecule has 0 amide bonds. The Morgan fingerprint density at radius 3 is 2.50 bits per heavy atom. The van der Waals surface area contributed by atoms with Gasteiger partial charge in [0.1, 0.15) is 0 Å². The Hall–Kier alpha value is -2.14. The molecule has 3 aromatic rings. The smallest absolute Gasteiger partial charge is 0.293 e. The first-order chi connectivity index (χ1) is 13.4. The monoisotopic (exact) mass is 440 g/mol. The van der Waals surface area contributed by atoms with Crippen LogP contribution in [-0.2, 0) is 9.37 Å². The van der Waals surface area contributed by atoms with Gasteiger partial charge in [-0.2, -0.15) is 5.11 Å². The summed E-state index contributed by atoms with van der Waals surface area (Å²) in [5.41, 5.74) is 2.30. The Labute approximate surface area is 173 Å². The van der Waals surface area contributed by atoms with Gasteiger partial charge in [0.05, 0.1) is 44.1 Å². The molecule has 0 fully saturated rings. The first-order valence-electron chi connectivity index (χ1n) is 7.85. The predicted octanol–water partition coefficient (Wildman–Crippen LogP) is 5.93. The molecule has 0 radical (unpaired) electrons. The van der Waals surface area contributed by atoms with E-state index < -0.39 is 5.56 Å². The third-order valence-electron chi connectivity index (χ3n) is 3.74. The first kappa shape index (κ1) is 20.6. The van der Waals surface area contributed by atoms with E-state index in [0.29, 0.717) is 34.0 Å². The van der Waals surface area contributed by atoms with Gasteiger partial charge >= 0.3 is 0 Å². The molecule has 3 rings (SSSR count). The lowest BCUT2D eigenvalue weighted by Gasteiger charge is -2.08. The lowest BCUT2D eigenvalue weighted by Crippen LogP contribution is -2.14. The summed E-state index contributed by atoms with van der Waals surface area (Å²) in [4.78, 5) is 13.2. The summed E-state index contributed by atoms with van der Waals surface area (Å²) in [6, 6.07) is 10.4. The highest BCUT2D eigenvalue weighted by Crippen LogP contribution is 2.34. The molecule has 2 aromatic carbocycles. The van der Waals surface area contributed by atoms with Gasteiger partial charge in [-0.3, -0.25) is 9.89 Å². The van der Waals surface area contributed by atoms with Crippen LogP contribution in [-0.4, -0.2) is 15.0 Å². The molecule has 8 nitrogen and oxygen atoms in total. The molecular weight excluding hydrogens is 427 g/mol. The highest BCUT2D eigenvalue weighted by molar-refractivity contribution is 7.94. The van der Waals surface area contributed by atoms with Crippen LogP contribution >= 0.6 is 35.2 Å². The molecule has 0 unspecified atom stereocenters. The minimum atomic E-state index is -0.429. The van der Waals surface area contributed by atoms with E-state index in [1.165, 1.54) is 16.8 Å². The van der Waals surface area contributed by atoms with Gasteiger partial charge in [-0.25, -0.2) is 9.94 Å². The number of hydrogen-bond donors (Lipinski definition) is 2. The number of nitrogens with one attached hydrogen (secondary N) is 1. The van der Waals surface area contributed by atoms with Gasteiger partial charge in [0.15, 0.2) is 5.69 Å². The molecule has 0 spiro atoms. The zero-order valence-corrected chi connectivity index (χ0v) is 17.0. The molecule has 146 valence electrons. The fourth-order valence-electron chi connectivity index (χ4n) is 2.35. The van der Waals surface area contributed by atoms with Crippen molar-refractivity contribution in [1.29, 1.82) is 0 Å². The largest absolute Gasteiger partial charge is 0.299 e. The van der Waals surface area contributed by atoms with Crippen LogP contribution in [0.3, 0.4) is 0 Å². The minimum absolute atomic E-state index is 0.156. The molecule has 0 saturated carbocycles. The van der Waals surface area contributed by atoms with E-state index >= 15 is 0 Å². The normalized spacial score (nSPS) is 11.5. The van der Waals surface area contributed by atoms with Crippen molar-refractivity contribution in [2.75, 3.05) is 0 Å². The molecule has 0 aliphatic carbocycles. The summed E-state index contributed by atoms with van der Waals surface area (Å²) < 4.78 is 5.58. The fraction of sp³-hybridized carbons (Fsp3) is 0.118. The van der Waals surface area contributed by atoms with Crippen molar-refractivity contribution in [3.8, 4) is 5.69 Å². The Kier molecular flexibility index (Phi) is 6.55. The van der Waals surface area contributed by atoms with Crippen molar-refractivity contribution in [3.05, 3.63) is 68.1 Å². The van der Waals surface area contributed by atoms with Crippen LogP contribution in [0, 0.1) is 13.8 Å². The molecule has 28 heavy (non-hydrogen) atoms. The summed E-state index contributed by atoms with van der Waals surface area (Å²) >= 11 is 13.1. The van der Waals surface area contributed by atoms with E-state index in [1.54, 1.807) is 6.92 Å². The molecule has 0 saturated heterocycles. The van der Waals surface area contributed by atoms with Gasteiger partial charge in [-0.15, -0.1) is 9.45 Å². The van der Waals surface area contributed by atoms with Gasteiger partial charge < -0.3 is 0 Å². The summed E-state index contributed by atoms with van der Waals surface area (Å²) in [7, 11) is 0. The minimum Gasteiger partial charge on any atom is -0.293 e. The molecule has 0 bridgehead atoms. The standard InChI is InChI=1S/C17H14Cl2N4O4S/c1-9-3-5-11(6-4-9)20-21-16-10(2)22-23(17(16)24)14-7-13(19)15(8-12(14)18)28-27-26-25/h3-8,22,25H,1-2H3. The van der Waals surface area contributed by atoms with Crippen LogP contribution in [0.25, 0.3) is 5.69 Å². The van der Waals surface area contributed by atoms with Crippen molar-refractivity contribution in [2.24, 2.45) is 10.2 Å². The Bertz CT molecular complexity index is 1080. The summed E-state index contributed by atoms with van der Waals surface area (Å²) in [6.07, 6.45) is 0. The van der Waals surface area contributed by atoms with Gasteiger partial charge in [-0.05, 0) is 38.1 Å². The number of aryl methyl sites for hydroxylation is 2. The van der Waals surface area contributed by atoms with Crippen molar-refractivity contribution < 1.29 is 14.6 Å². The average Bonchev–Trinajstić information content (AvgIpc) is 2.95. The van der Waals surface area contributed by atoms with Crippen LogP contribution in [0.4, 0.5) is 11.4 Å². The average molecular weight is 441 g/mol. The first-order valence-corrected chi connectivity index (χ1v) is 9.34. The molecule has 1 aromatic heterocycles. The van der Waals surface area contributed by atoms with Gasteiger partial charge in [0.2, 0.25) is 0 Å². The van der Waals surface area contributed by atoms with Crippen molar-refractivity contribution in [3.63, 3.8) is 0 Å². The molecule has 0 atom stereocenters. The Morgan fingerprint density at radius 2 is 1.82 bits per heavy atom. The lowest BCUT2D eigenvalue weighted by atomic mass is 10.2. The van der Waals surface area contributed by atoms with E-state index in [9.17, 15) is 4.79 Å². The maximum absolute atomic E-state index is 12.8. The number of aromatic nitrogens is 2. The van der Waals surface area contributed by atoms with Crippen LogP contribution < -0.4 is 5.56 Å². The SMILES string of the molecule is Cc1ccc(N=Nc2c(C)[nH]n(-c3cc(Cl)c(SOOO)cc3Cl)c2=O)cc1. The highest BCUT2D eigenvalue weighted by Gasteiger charge is 2.17. The second kappa shape index (κ2) is 8.91.